The van der Waals surface area contributed by atoms with Crippen molar-refractivity contribution in [3.8, 4) is 0 Å². The molecule has 3 rings (SSSR count). The molecule has 0 aliphatic rings. The molecule has 3 aromatic rings. The average molecular weight is 334 g/mol. The Balaban J connectivity index is 1.71. The maximum absolute atomic E-state index is 12.5. The van der Waals surface area contributed by atoms with E-state index < -0.39 is 0 Å². The highest BCUT2D eigenvalue weighted by Gasteiger charge is 2.12. The van der Waals surface area contributed by atoms with Crippen molar-refractivity contribution in [2.75, 3.05) is 6.54 Å². The summed E-state index contributed by atoms with van der Waals surface area (Å²) in [6.45, 7) is 10.1. The molecule has 0 aliphatic carbocycles. The lowest BCUT2D eigenvalue weighted by Crippen LogP contribution is -2.25. The van der Waals surface area contributed by atoms with Gasteiger partial charge in [0.25, 0.3) is 5.91 Å². The highest BCUT2D eigenvalue weighted by atomic mass is 16.1. The van der Waals surface area contributed by atoms with Crippen LogP contribution in [0, 0.1) is 20.8 Å². The Bertz CT molecular complexity index is 904. The van der Waals surface area contributed by atoms with E-state index in [1.165, 1.54) is 33.3 Å². The number of fused-ring (bicyclic) bond motifs is 1. The molecule has 0 spiro atoms. The summed E-state index contributed by atoms with van der Waals surface area (Å²) in [5.41, 5.74) is 6.96. The molecule has 3 nitrogen and oxygen atoms in total. The highest BCUT2D eigenvalue weighted by molar-refractivity contribution is 5.99. The topological polar surface area (TPSA) is 34.0 Å². The molecule has 0 fully saturated rings. The van der Waals surface area contributed by atoms with Crippen LogP contribution in [0.3, 0.4) is 0 Å². The number of carbonyl (C=O) groups is 1. The normalized spacial score (nSPS) is 11.0. The zero-order chi connectivity index (χ0) is 18.0. The molecule has 3 heteroatoms. The average Bonchev–Trinajstić information content (AvgIpc) is 2.86. The maximum Gasteiger partial charge on any atom is 0.251 e. The summed E-state index contributed by atoms with van der Waals surface area (Å²) in [6.07, 6.45) is 0.846. The van der Waals surface area contributed by atoms with Gasteiger partial charge in [-0.25, -0.2) is 0 Å². The van der Waals surface area contributed by atoms with Gasteiger partial charge >= 0.3 is 0 Å². The SMILES string of the molecule is CCn1c(C)c(C)c2cc(C(=O)NCCc3ccc(C)cc3)ccc21. The van der Waals surface area contributed by atoms with Crippen molar-refractivity contribution < 1.29 is 4.79 Å². The first-order chi connectivity index (χ1) is 12.0. The Labute approximate surface area is 149 Å². The van der Waals surface area contributed by atoms with E-state index in [1.54, 1.807) is 0 Å². The number of rotatable bonds is 5. The van der Waals surface area contributed by atoms with E-state index in [2.05, 4.69) is 67.9 Å². The summed E-state index contributed by atoms with van der Waals surface area (Å²) in [4.78, 5) is 12.5. The molecule has 0 unspecified atom stereocenters. The van der Waals surface area contributed by atoms with Crippen molar-refractivity contribution in [3.05, 3.63) is 70.4 Å². The molecule has 0 aliphatic heterocycles. The summed E-state index contributed by atoms with van der Waals surface area (Å²) < 4.78 is 2.30. The lowest BCUT2D eigenvalue weighted by atomic mass is 10.1. The van der Waals surface area contributed by atoms with Crippen LogP contribution in [0.4, 0.5) is 0 Å². The molecule has 25 heavy (non-hydrogen) atoms. The number of carbonyl (C=O) groups excluding carboxylic acids is 1. The molecule has 2 aromatic carbocycles. The van der Waals surface area contributed by atoms with E-state index in [4.69, 9.17) is 0 Å². The number of aryl methyl sites for hydroxylation is 3. The Morgan fingerprint density at radius 3 is 2.44 bits per heavy atom. The lowest BCUT2D eigenvalue weighted by molar-refractivity contribution is 0.0954. The van der Waals surface area contributed by atoms with Crippen molar-refractivity contribution in [2.45, 2.75) is 40.7 Å². The second-order valence-corrected chi connectivity index (χ2v) is 6.68. The van der Waals surface area contributed by atoms with E-state index in [0.717, 1.165) is 18.5 Å². The van der Waals surface area contributed by atoms with Crippen molar-refractivity contribution in [1.82, 2.24) is 9.88 Å². The van der Waals surface area contributed by atoms with E-state index >= 15 is 0 Å². The maximum atomic E-state index is 12.5. The van der Waals surface area contributed by atoms with Gasteiger partial charge < -0.3 is 9.88 Å². The first-order valence-corrected chi connectivity index (χ1v) is 8.94. The predicted molar refractivity (Wildman–Crippen MR) is 104 cm³/mol. The third kappa shape index (κ3) is 3.46. The minimum Gasteiger partial charge on any atom is -0.352 e. The zero-order valence-electron chi connectivity index (χ0n) is 15.5. The van der Waals surface area contributed by atoms with Gasteiger partial charge in [-0.15, -0.1) is 0 Å². The van der Waals surface area contributed by atoms with Gasteiger partial charge in [-0.1, -0.05) is 29.8 Å². The Hall–Kier alpha value is -2.55. The van der Waals surface area contributed by atoms with Gasteiger partial charge in [0.05, 0.1) is 0 Å². The van der Waals surface area contributed by atoms with Crippen LogP contribution in [0.2, 0.25) is 0 Å². The second-order valence-electron chi connectivity index (χ2n) is 6.68. The summed E-state index contributed by atoms with van der Waals surface area (Å²) in [6, 6.07) is 14.5. The number of benzene rings is 2. The number of nitrogens with one attached hydrogen (secondary N) is 1. The van der Waals surface area contributed by atoms with Crippen LogP contribution in [0.15, 0.2) is 42.5 Å². The fourth-order valence-corrected chi connectivity index (χ4v) is 3.38. The van der Waals surface area contributed by atoms with Crippen LogP contribution in [0.25, 0.3) is 10.9 Å². The van der Waals surface area contributed by atoms with Gasteiger partial charge in [0.15, 0.2) is 0 Å². The van der Waals surface area contributed by atoms with Gasteiger partial charge in [0, 0.05) is 35.2 Å². The van der Waals surface area contributed by atoms with E-state index in [0.29, 0.717) is 6.54 Å². The lowest BCUT2D eigenvalue weighted by Gasteiger charge is -2.07. The van der Waals surface area contributed by atoms with Crippen LogP contribution in [-0.2, 0) is 13.0 Å². The summed E-state index contributed by atoms with van der Waals surface area (Å²) >= 11 is 0. The molecule has 0 saturated carbocycles. The Morgan fingerprint density at radius 2 is 1.76 bits per heavy atom. The number of hydrogen-bond acceptors (Lipinski definition) is 1. The largest absolute Gasteiger partial charge is 0.352 e. The third-order valence-corrected chi connectivity index (χ3v) is 5.04. The Kier molecular flexibility index (Phi) is 4.93. The molecule has 0 atom stereocenters. The van der Waals surface area contributed by atoms with Crippen molar-refractivity contribution >= 4 is 16.8 Å². The van der Waals surface area contributed by atoms with Crippen LogP contribution in [0.1, 0.15) is 39.7 Å². The molecule has 1 N–H and O–H groups in total. The van der Waals surface area contributed by atoms with Gasteiger partial charge in [-0.05, 0) is 63.4 Å². The van der Waals surface area contributed by atoms with Gasteiger partial charge in [0.2, 0.25) is 0 Å². The van der Waals surface area contributed by atoms with Gasteiger partial charge in [0.1, 0.15) is 0 Å². The third-order valence-electron chi connectivity index (χ3n) is 5.04. The standard InChI is InChI=1S/C22H26N2O/c1-5-24-17(4)16(3)20-14-19(10-11-21(20)24)22(25)23-13-12-18-8-6-15(2)7-9-18/h6-11,14H,5,12-13H2,1-4H3,(H,23,25). The Morgan fingerprint density at radius 1 is 1.04 bits per heavy atom. The monoisotopic (exact) mass is 334 g/mol. The second kappa shape index (κ2) is 7.14. The predicted octanol–water partition coefficient (Wildman–Crippen LogP) is 4.56. The molecule has 0 radical (unpaired) electrons. The number of nitrogens with zero attached hydrogens (tertiary/aromatic N) is 1. The zero-order valence-corrected chi connectivity index (χ0v) is 15.5. The summed E-state index contributed by atoms with van der Waals surface area (Å²) in [5.74, 6) is -0.00434. The van der Waals surface area contributed by atoms with Gasteiger partial charge in [-0.3, -0.25) is 4.79 Å². The molecular formula is C22H26N2O. The van der Waals surface area contributed by atoms with Crippen molar-refractivity contribution in [2.24, 2.45) is 0 Å². The smallest absolute Gasteiger partial charge is 0.251 e. The number of hydrogen-bond donors (Lipinski definition) is 1. The van der Waals surface area contributed by atoms with Crippen molar-refractivity contribution in [3.63, 3.8) is 0 Å². The fourth-order valence-electron chi connectivity index (χ4n) is 3.38. The first kappa shape index (κ1) is 17.3. The molecule has 130 valence electrons. The van der Waals surface area contributed by atoms with Crippen molar-refractivity contribution in [1.29, 1.82) is 0 Å². The molecule has 0 saturated heterocycles. The van der Waals surface area contributed by atoms with Crippen LogP contribution in [0.5, 0.6) is 0 Å². The molecule has 1 amide bonds. The molecule has 0 bridgehead atoms. The van der Waals surface area contributed by atoms with Crippen LogP contribution >= 0.6 is 0 Å². The van der Waals surface area contributed by atoms with Crippen LogP contribution < -0.4 is 5.32 Å². The minimum absolute atomic E-state index is 0.00434. The molecule has 1 aromatic heterocycles. The quantitative estimate of drug-likeness (QED) is 0.729. The van der Waals surface area contributed by atoms with E-state index in [9.17, 15) is 4.79 Å². The number of amides is 1. The summed E-state index contributed by atoms with van der Waals surface area (Å²) in [7, 11) is 0. The highest BCUT2D eigenvalue weighted by Crippen LogP contribution is 2.26. The van der Waals surface area contributed by atoms with Crippen LogP contribution in [-0.4, -0.2) is 17.0 Å². The van der Waals surface area contributed by atoms with Gasteiger partial charge in [-0.2, -0.15) is 0 Å². The number of aromatic nitrogens is 1. The van der Waals surface area contributed by atoms with E-state index in [-0.39, 0.29) is 5.91 Å². The van der Waals surface area contributed by atoms with E-state index in [1.807, 2.05) is 12.1 Å². The minimum atomic E-state index is -0.00434. The fraction of sp³-hybridized carbons (Fsp3) is 0.318. The molecule has 1 heterocycles. The first-order valence-electron chi connectivity index (χ1n) is 8.94. The summed E-state index contributed by atoms with van der Waals surface area (Å²) in [5, 5.41) is 4.21. The molecular weight excluding hydrogens is 308 g/mol.